The Kier molecular flexibility index (Phi) is 7.29. The molecular formula is C15H34N4. The zero-order valence-electron chi connectivity index (χ0n) is 13.6. The van der Waals surface area contributed by atoms with Crippen LogP contribution in [0, 0.1) is 0 Å². The first-order valence-corrected chi connectivity index (χ1v) is 7.97. The van der Waals surface area contributed by atoms with Gasteiger partial charge in [0.2, 0.25) is 0 Å². The second-order valence-corrected chi connectivity index (χ2v) is 5.89. The molecule has 1 unspecified atom stereocenters. The minimum absolute atomic E-state index is 0.597. The van der Waals surface area contributed by atoms with Gasteiger partial charge in [0.25, 0.3) is 0 Å². The number of hydrogen-bond acceptors (Lipinski definition) is 4. The summed E-state index contributed by atoms with van der Waals surface area (Å²) in [5.74, 6) is 0. The lowest BCUT2D eigenvalue weighted by Gasteiger charge is -2.44. The monoisotopic (exact) mass is 270 g/mol. The van der Waals surface area contributed by atoms with Crippen LogP contribution in [0.4, 0.5) is 0 Å². The lowest BCUT2D eigenvalue weighted by molar-refractivity contribution is 0.105. The van der Waals surface area contributed by atoms with Crippen LogP contribution >= 0.6 is 0 Å². The number of rotatable bonds is 0. The predicted octanol–water partition coefficient (Wildman–Crippen LogP) is 0.990. The van der Waals surface area contributed by atoms with Crippen LogP contribution in [-0.4, -0.2) is 74.7 Å². The number of piperazine rings is 1. The van der Waals surface area contributed by atoms with Gasteiger partial charge in [0, 0.05) is 44.3 Å². The van der Waals surface area contributed by atoms with Crippen LogP contribution < -0.4 is 10.6 Å². The van der Waals surface area contributed by atoms with Crippen molar-refractivity contribution < 1.29 is 0 Å². The third-order valence-electron chi connectivity index (χ3n) is 4.69. The van der Waals surface area contributed by atoms with Gasteiger partial charge in [-0.3, -0.25) is 4.90 Å². The molecule has 0 aliphatic carbocycles. The first-order chi connectivity index (χ1) is 9.14. The van der Waals surface area contributed by atoms with Crippen molar-refractivity contribution in [3.63, 3.8) is 0 Å². The molecule has 3 fully saturated rings. The SMILES string of the molecule is CC.CC1CNCCN1C.CN1CCCC12CNC2. The first kappa shape index (κ1) is 16.9. The maximum atomic E-state index is 3.33. The maximum Gasteiger partial charge on any atom is 0.0455 e. The molecule has 19 heavy (non-hydrogen) atoms. The summed E-state index contributed by atoms with van der Waals surface area (Å²) in [5, 5.41) is 6.66. The fourth-order valence-electron chi connectivity index (χ4n) is 2.88. The Morgan fingerprint density at radius 1 is 1.05 bits per heavy atom. The fourth-order valence-corrected chi connectivity index (χ4v) is 2.88. The summed E-state index contributed by atoms with van der Waals surface area (Å²) in [6, 6.07) is 0.726. The highest BCUT2D eigenvalue weighted by Crippen LogP contribution is 2.30. The van der Waals surface area contributed by atoms with Crippen molar-refractivity contribution in [2.45, 2.75) is 45.2 Å². The quantitative estimate of drug-likeness (QED) is 0.687. The van der Waals surface area contributed by atoms with Crippen LogP contribution in [0.3, 0.4) is 0 Å². The van der Waals surface area contributed by atoms with Gasteiger partial charge < -0.3 is 15.5 Å². The molecule has 1 spiro atoms. The number of likely N-dealkylation sites (N-methyl/N-ethyl adjacent to an activating group) is 2. The molecule has 3 heterocycles. The normalized spacial score (nSPS) is 29.8. The molecular weight excluding hydrogens is 236 g/mol. The van der Waals surface area contributed by atoms with Crippen LogP contribution in [0.5, 0.6) is 0 Å². The molecule has 3 aliphatic rings. The number of hydrogen-bond donors (Lipinski definition) is 2. The van der Waals surface area contributed by atoms with E-state index in [9.17, 15) is 0 Å². The summed E-state index contributed by atoms with van der Waals surface area (Å²) in [7, 11) is 4.42. The molecule has 3 saturated heterocycles. The summed E-state index contributed by atoms with van der Waals surface area (Å²) < 4.78 is 0. The van der Waals surface area contributed by atoms with Crippen LogP contribution in [-0.2, 0) is 0 Å². The summed E-state index contributed by atoms with van der Waals surface area (Å²) in [5.41, 5.74) is 0.597. The topological polar surface area (TPSA) is 30.5 Å². The number of nitrogens with one attached hydrogen (secondary N) is 2. The van der Waals surface area contributed by atoms with Gasteiger partial charge in [-0.25, -0.2) is 0 Å². The Bertz CT molecular complexity index is 230. The number of nitrogens with zero attached hydrogens (tertiary/aromatic N) is 2. The maximum absolute atomic E-state index is 3.33. The predicted molar refractivity (Wildman–Crippen MR) is 83.8 cm³/mol. The second kappa shape index (κ2) is 8.20. The highest BCUT2D eigenvalue weighted by molar-refractivity contribution is 5.04. The Morgan fingerprint density at radius 3 is 2.00 bits per heavy atom. The zero-order chi connectivity index (χ0) is 14.3. The van der Waals surface area contributed by atoms with Crippen LogP contribution in [0.25, 0.3) is 0 Å². The Labute approximate surface area is 119 Å². The van der Waals surface area contributed by atoms with Crippen molar-refractivity contribution in [2.75, 3.05) is 53.4 Å². The van der Waals surface area contributed by atoms with Gasteiger partial charge in [0.05, 0.1) is 0 Å². The van der Waals surface area contributed by atoms with E-state index in [0.29, 0.717) is 5.54 Å². The Morgan fingerprint density at radius 2 is 1.74 bits per heavy atom. The molecule has 0 aromatic heterocycles. The highest BCUT2D eigenvalue weighted by Gasteiger charge is 2.43. The summed E-state index contributed by atoms with van der Waals surface area (Å²) in [4.78, 5) is 4.88. The third kappa shape index (κ3) is 4.42. The van der Waals surface area contributed by atoms with Crippen molar-refractivity contribution in [3.8, 4) is 0 Å². The van der Waals surface area contributed by atoms with E-state index in [2.05, 4.69) is 41.5 Å². The van der Waals surface area contributed by atoms with Crippen molar-refractivity contribution in [1.82, 2.24) is 20.4 Å². The van der Waals surface area contributed by atoms with E-state index in [1.807, 2.05) is 13.8 Å². The molecule has 0 amide bonds. The summed E-state index contributed by atoms with van der Waals surface area (Å²) in [6.45, 7) is 13.5. The second-order valence-electron chi connectivity index (χ2n) is 5.89. The van der Waals surface area contributed by atoms with E-state index in [1.165, 1.54) is 39.0 Å². The molecule has 2 N–H and O–H groups in total. The first-order valence-electron chi connectivity index (χ1n) is 7.97. The van der Waals surface area contributed by atoms with Gasteiger partial charge in [0.1, 0.15) is 0 Å². The van der Waals surface area contributed by atoms with E-state index in [4.69, 9.17) is 0 Å². The molecule has 114 valence electrons. The van der Waals surface area contributed by atoms with Crippen molar-refractivity contribution >= 4 is 0 Å². The minimum Gasteiger partial charge on any atom is -0.314 e. The van der Waals surface area contributed by atoms with Gasteiger partial charge in [-0.15, -0.1) is 0 Å². The molecule has 0 aromatic rings. The van der Waals surface area contributed by atoms with Gasteiger partial charge in [-0.2, -0.15) is 0 Å². The molecule has 3 rings (SSSR count). The van der Waals surface area contributed by atoms with E-state index < -0.39 is 0 Å². The molecule has 1 atom stereocenters. The molecule has 4 nitrogen and oxygen atoms in total. The van der Waals surface area contributed by atoms with Crippen molar-refractivity contribution in [3.05, 3.63) is 0 Å². The van der Waals surface area contributed by atoms with Gasteiger partial charge in [0.15, 0.2) is 0 Å². The largest absolute Gasteiger partial charge is 0.314 e. The Balaban J connectivity index is 0.000000170. The molecule has 3 aliphatic heterocycles. The standard InChI is InChI=1S/C7H14N2.C6H14N2.C2H6/c1-9-4-2-3-7(9)5-8-6-7;1-6-5-7-3-4-8(6)2;1-2/h8H,2-6H2,1H3;6-7H,3-5H2,1-2H3;1-2H3. The average molecular weight is 270 g/mol. The molecule has 0 bridgehead atoms. The van der Waals surface area contributed by atoms with E-state index in [0.717, 1.165) is 19.1 Å². The fraction of sp³-hybridized carbons (Fsp3) is 1.00. The Hall–Kier alpha value is -0.160. The van der Waals surface area contributed by atoms with E-state index >= 15 is 0 Å². The third-order valence-corrected chi connectivity index (χ3v) is 4.69. The van der Waals surface area contributed by atoms with Gasteiger partial charge in [-0.1, -0.05) is 13.8 Å². The lowest BCUT2D eigenvalue weighted by atomic mass is 9.90. The highest BCUT2D eigenvalue weighted by atomic mass is 15.3. The molecule has 0 saturated carbocycles. The minimum atomic E-state index is 0.597. The van der Waals surface area contributed by atoms with Gasteiger partial charge >= 0.3 is 0 Å². The van der Waals surface area contributed by atoms with E-state index in [-0.39, 0.29) is 0 Å². The van der Waals surface area contributed by atoms with Crippen LogP contribution in [0.2, 0.25) is 0 Å². The molecule has 0 aromatic carbocycles. The lowest BCUT2D eigenvalue weighted by Crippen LogP contribution is -2.65. The van der Waals surface area contributed by atoms with E-state index in [1.54, 1.807) is 0 Å². The number of likely N-dealkylation sites (tertiary alicyclic amines) is 1. The average Bonchev–Trinajstić information content (AvgIpc) is 2.78. The molecule has 4 heteroatoms. The van der Waals surface area contributed by atoms with Crippen molar-refractivity contribution in [1.29, 1.82) is 0 Å². The summed E-state index contributed by atoms with van der Waals surface area (Å²) in [6.07, 6.45) is 2.81. The molecule has 0 radical (unpaired) electrons. The summed E-state index contributed by atoms with van der Waals surface area (Å²) >= 11 is 0. The zero-order valence-corrected chi connectivity index (χ0v) is 13.6. The van der Waals surface area contributed by atoms with Crippen LogP contribution in [0.1, 0.15) is 33.6 Å². The van der Waals surface area contributed by atoms with Crippen LogP contribution in [0.15, 0.2) is 0 Å². The smallest absolute Gasteiger partial charge is 0.0455 e. The van der Waals surface area contributed by atoms with Gasteiger partial charge in [-0.05, 0) is 40.4 Å². The van der Waals surface area contributed by atoms with Crippen molar-refractivity contribution in [2.24, 2.45) is 0 Å².